The maximum absolute atomic E-state index is 13.0. The number of nitrogens with one attached hydrogen (secondary N) is 1. The van der Waals surface area contributed by atoms with Gasteiger partial charge in [-0.2, -0.15) is 0 Å². The molecule has 1 aromatic heterocycles. The second kappa shape index (κ2) is 9.67. The van der Waals surface area contributed by atoms with Crippen LogP contribution in [0.2, 0.25) is 0 Å². The topological polar surface area (TPSA) is 75.3 Å². The summed E-state index contributed by atoms with van der Waals surface area (Å²) in [7, 11) is 0. The summed E-state index contributed by atoms with van der Waals surface area (Å²) in [6.45, 7) is 11.8. The fourth-order valence-corrected chi connectivity index (χ4v) is 4.07. The van der Waals surface area contributed by atoms with Crippen molar-refractivity contribution in [3.63, 3.8) is 0 Å². The number of benzene rings is 1. The van der Waals surface area contributed by atoms with Crippen molar-refractivity contribution in [2.24, 2.45) is 5.92 Å². The smallest absolute Gasteiger partial charge is 0.264 e. The lowest BCUT2D eigenvalue weighted by molar-refractivity contribution is 0.0683. The minimum atomic E-state index is -0.333. The molecule has 1 aliphatic rings. The van der Waals surface area contributed by atoms with Gasteiger partial charge in [0.05, 0.1) is 12.3 Å². The molecule has 0 unspecified atom stereocenters. The van der Waals surface area contributed by atoms with Gasteiger partial charge in [0.15, 0.2) is 0 Å². The molecule has 0 bridgehead atoms. The second-order valence-corrected chi connectivity index (χ2v) is 9.48. The zero-order chi connectivity index (χ0) is 22.6. The monoisotopic (exact) mass is 425 g/mol. The number of H-pyrrole nitrogens is 1. The Hall–Kier alpha value is -2.63. The van der Waals surface area contributed by atoms with Crippen molar-refractivity contribution in [1.29, 1.82) is 0 Å². The van der Waals surface area contributed by atoms with Gasteiger partial charge in [-0.1, -0.05) is 32.9 Å². The van der Waals surface area contributed by atoms with Gasteiger partial charge in [-0.15, -0.1) is 0 Å². The number of hydrogen-bond donors (Lipinski definition) is 1. The lowest BCUT2D eigenvalue weighted by Crippen LogP contribution is -2.42. The van der Waals surface area contributed by atoms with Gasteiger partial charge in [0.1, 0.15) is 17.1 Å². The van der Waals surface area contributed by atoms with Crippen molar-refractivity contribution >= 4 is 5.91 Å². The van der Waals surface area contributed by atoms with Crippen molar-refractivity contribution in [2.75, 3.05) is 19.7 Å². The zero-order valence-electron chi connectivity index (χ0n) is 19.5. The number of rotatable bonds is 6. The number of nitrogens with zero attached hydrogens (tertiary/aromatic N) is 2. The molecule has 31 heavy (non-hydrogen) atoms. The van der Waals surface area contributed by atoms with Crippen LogP contribution in [0.3, 0.4) is 0 Å². The summed E-state index contributed by atoms with van der Waals surface area (Å²) in [6.07, 6.45) is 4.07. The lowest BCUT2D eigenvalue weighted by Gasteiger charge is -2.32. The number of piperidine rings is 1. The maximum atomic E-state index is 13.0. The Bertz CT molecular complexity index is 949. The van der Waals surface area contributed by atoms with Gasteiger partial charge in [0.25, 0.3) is 11.5 Å². The van der Waals surface area contributed by atoms with Crippen molar-refractivity contribution < 1.29 is 9.53 Å². The summed E-state index contributed by atoms with van der Waals surface area (Å²) in [5.41, 5.74) is 1.40. The molecule has 168 valence electrons. The van der Waals surface area contributed by atoms with E-state index in [1.807, 2.05) is 44.7 Å². The van der Waals surface area contributed by atoms with Crippen LogP contribution in [0.5, 0.6) is 5.75 Å². The average Bonchev–Trinajstić information content (AvgIpc) is 2.72. The molecule has 1 N–H and O–H groups in total. The van der Waals surface area contributed by atoms with Gasteiger partial charge in [-0.05, 0) is 63.1 Å². The predicted molar refractivity (Wildman–Crippen MR) is 123 cm³/mol. The molecule has 1 aromatic carbocycles. The minimum Gasteiger partial charge on any atom is -0.494 e. The summed E-state index contributed by atoms with van der Waals surface area (Å²) in [5.74, 6) is 1.92. The Morgan fingerprint density at radius 1 is 1.19 bits per heavy atom. The number of aromatic amines is 1. The number of carbonyl (C=O) groups is 1. The Morgan fingerprint density at radius 3 is 2.39 bits per heavy atom. The highest BCUT2D eigenvalue weighted by atomic mass is 16.5. The number of aromatic nitrogens is 2. The third-order valence-corrected chi connectivity index (χ3v) is 6.00. The Balaban J connectivity index is 1.56. The van der Waals surface area contributed by atoms with Gasteiger partial charge < -0.3 is 14.6 Å². The van der Waals surface area contributed by atoms with Gasteiger partial charge in [-0.3, -0.25) is 9.59 Å². The van der Waals surface area contributed by atoms with E-state index < -0.39 is 0 Å². The van der Waals surface area contributed by atoms with E-state index in [0.29, 0.717) is 37.1 Å². The van der Waals surface area contributed by atoms with E-state index in [2.05, 4.69) is 22.1 Å². The van der Waals surface area contributed by atoms with E-state index in [0.717, 1.165) is 31.4 Å². The van der Waals surface area contributed by atoms with Crippen molar-refractivity contribution in [3.8, 4) is 5.75 Å². The molecule has 6 nitrogen and oxygen atoms in total. The highest BCUT2D eigenvalue weighted by Crippen LogP contribution is 2.24. The first-order valence-corrected chi connectivity index (χ1v) is 11.3. The quantitative estimate of drug-likeness (QED) is 0.750. The molecule has 6 heteroatoms. The van der Waals surface area contributed by atoms with Crippen LogP contribution >= 0.6 is 0 Å². The van der Waals surface area contributed by atoms with Gasteiger partial charge in [-0.25, -0.2) is 4.98 Å². The van der Waals surface area contributed by atoms with Crippen LogP contribution in [0.4, 0.5) is 0 Å². The predicted octanol–water partition coefficient (Wildman–Crippen LogP) is 4.26. The molecule has 1 aliphatic heterocycles. The first kappa shape index (κ1) is 23.0. The van der Waals surface area contributed by atoms with Crippen LogP contribution in [0, 0.1) is 12.8 Å². The summed E-state index contributed by atoms with van der Waals surface area (Å²) >= 11 is 0. The lowest BCUT2D eigenvalue weighted by atomic mass is 9.90. The molecule has 0 saturated carbocycles. The summed E-state index contributed by atoms with van der Waals surface area (Å²) < 4.78 is 5.50. The molecule has 0 spiro atoms. The summed E-state index contributed by atoms with van der Waals surface area (Å²) in [5, 5.41) is 0. The maximum Gasteiger partial charge on any atom is 0.264 e. The highest BCUT2D eigenvalue weighted by molar-refractivity contribution is 5.94. The highest BCUT2D eigenvalue weighted by Gasteiger charge is 2.28. The fraction of sp³-hybridized carbons (Fsp3) is 0.560. The van der Waals surface area contributed by atoms with Crippen molar-refractivity contribution in [3.05, 3.63) is 57.3 Å². The Morgan fingerprint density at radius 2 is 1.84 bits per heavy atom. The fourth-order valence-electron chi connectivity index (χ4n) is 4.07. The molecular weight excluding hydrogens is 390 g/mol. The number of carbonyl (C=O) groups excluding carboxylic acids is 1. The van der Waals surface area contributed by atoms with Crippen LogP contribution < -0.4 is 10.3 Å². The average molecular weight is 426 g/mol. The summed E-state index contributed by atoms with van der Waals surface area (Å²) in [6, 6.07) is 8.32. The number of aryl methyl sites for hydroxylation is 2. The second-order valence-electron chi connectivity index (χ2n) is 9.48. The molecule has 2 aromatic rings. The number of amides is 1. The molecule has 1 fully saturated rings. The van der Waals surface area contributed by atoms with Crippen LogP contribution in [-0.4, -0.2) is 40.5 Å². The van der Waals surface area contributed by atoms with E-state index in [9.17, 15) is 9.59 Å². The zero-order valence-corrected chi connectivity index (χ0v) is 19.5. The molecule has 0 radical (unpaired) electrons. The van der Waals surface area contributed by atoms with Crippen LogP contribution in [0.1, 0.15) is 74.4 Å². The standard InChI is InChI=1S/C25H35N3O3/c1-6-31-20-11-9-18(10-12-20)7-8-19-13-15-28(16-14-19)23(30)21-17(2)26-24(25(3,4)5)27-22(21)29/h9-12,19H,6-8,13-16H2,1-5H3,(H,26,27,29). The third-order valence-electron chi connectivity index (χ3n) is 6.00. The minimum absolute atomic E-state index is 0.181. The molecule has 1 amide bonds. The number of likely N-dealkylation sites (tertiary alicyclic amines) is 1. The van der Waals surface area contributed by atoms with E-state index in [1.165, 1.54) is 5.56 Å². The number of ether oxygens (including phenoxy) is 1. The van der Waals surface area contributed by atoms with Crippen molar-refractivity contribution in [1.82, 2.24) is 14.9 Å². The Labute approximate surface area is 185 Å². The molecule has 2 heterocycles. The van der Waals surface area contributed by atoms with Crippen molar-refractivity contribution in [2.45, 2.75) is 65.7 Å². The van der Waals surface area contributed by atoms with Crippen LogP contribution in [0.25, 0.3) is 0 Å². The van der Waals surface area contributed by atoms with E-state index in [-0.39, 0.29) is 22.4 Å². The van der Waals surface area contributed by atoms with E-state index in [1.54, 1.807) is 6.92 Å². The molecule has 0 atom stereocenters. The normalized spacial score (nSPS) is 15.2. The van der Waals surface area contributed by atoms with Crippen LogP contribution in [0.15, 0.2) is 29.1 Å². The number of hydrogen-bond acceptors (Lipinski definition) is 4. The van der Waals surface area contributed by atoms with Gasteiger partial charge in [0.2, 0.25) is 0 Å². The van der Waals surface area contributed by atoms with Gasteiger partial charge >= 0.3 is 0 Å². The first-order valence-electron chi connectivity index (χ1n) is 11.3. The Kier molecular flexibility index (Phi) is 7.19. The third kappa shape index (κ3) is 5.75. The molecule has 0 aliphatic carbocycles. The first-order chi connectivity index (χ1) is 14.7. The summed E-state index contributed by atoms with van der Waals surface area (Å²) in [4.78, 5) is 34.8. The molecular formula is C25H35N3O3. The van der Waals surface area contributed by atoms with E-state index in [4.69, 9.17) is 4.74 Å². The largest absolute Gasteiger partial charge is 0.494 e. The molecule has 1 saturated heterocycles. The van der Waals surface area contributed by atoms with Crippen LogP contribution in [-0.2, 0) is 11.8 Å². The van der Waals surface area contributed by atoms with E-state index >= 15 is 0 Å². The SMILES string of the molecule is CCOc1ccc(CCC2CCN(C(=O)c3c(C)nc(C(C)(C)C)[nH]c3=O)CC2)cc1. The molecule has 3 rings (SSSR count). The van der Waals surface area contributed by atoms with Gasteiger partial charge in [0, 0.05) is 18.5 Å².